The predicted octanol–water partition coefficient (Wildman–Crippen LogP) is 6.05. The summed E-state index contributed by atoms with van der Waals surface area (Å²) < 4.78 is 51.7. The third kappa shape index (κ3) is 6.03. The molecule has 0 aliphatic carbocycles. The molecule has 0 unspecified atom stereocenters. The molecule has 0 saturated heterocycles. The number of aromatic nitrogens is 2. The van der Waals surface area contributed by atoms with E-state index in [2.05, 4.69) is 9.97 Å². The number of hydrogen-bond acceptors (Lipinski definition) is 2. The normalized spacial score (nSPS) is 9.79. The summed E-state index contributed by atoms with van der Waals surface area (Å²) in [7, 11) is 0. The van der Waals surface area contributed by atoms with Gasteiger partial charge in [0.1, 0.15) is 23.3 Å². The second-order valence-electron chi connectivity index (χ2n) is 5.68. The predicted molar refractivity (Wildman–Crippen MR) is 99.2 cm³/mol. The fraction of sp³-hybridized carbons (Fsp3) is 0. The molecule has 148 valence electrons. The molecule has 2 nitrogen and oxygen atoms in total. The van der Waals surface area contributed by atoms with Crippen molar-refractivity contribution in [2.75, 3.05) is 0 Å². The molecule has 0 aliphatic heterocycles. The molecular weight excluding hydrogens is 469 g/mol. The van der Waals surface area contributed by atoms with Crippen molar-refractivity contribution in [1.29, 1.82) is 0 Å². The summed E-state index contributed by atoms with van der Waals surface area (Å²) in [6.07, 6.45) is 3.14. The summed E-state index contributed by atoms with van der Waals surface area (Å²) in [6, 6.07) is 17.2. The SMILES string of the molecule is Fc1ccc(-c2ccccn2)c(F)c1.Fc1ccc(-c2ccccn2)c(F)c1.[Ru]. The van der Waals surface area contributed by atoms with Gasteiger partial charge in [0, 0.05) is 55.1 Å². The zero-order valence-electron chi connectivity index (χ0n) is 14.8. The Morgan fingerprint density at radius 3 is 1.24 bits per heavy atom. The third-order valence-corrected chi connectivity index (χ3v) is 3.74. The monoisotopic (exact) mass is 484 g/mol. The van der Waals surface area contributed by atoms with Crippen LogP contribution >= 0.6 is 0 Å². The van der Waals surface area contributed by atoms with E-state index in [1.54, 1.807) is 48.8 Å². The minimum absolute atomic E-state index is 0. The topological polar surface area (TPSA) is 25.8 Å². The molecular formula is C22H14F4N2Ru. The average molecular weight is 483 g/mol. The van der Waals surface area contributed by atoms with E-state index in [4.69, 9.17) is 0 Å². The molecule has 0 saturated carbocycles. The molecule has 0 radical (unpaired) electrons. The van der Waals surface area contributed by atoms with Crippen molar-refractivity contribution in [3.05, 3.63) is 108 Å². The van der Waals surface area contributed by atoms with Crippen molar-refractivity contribution in [3.63, 3.8) is 0 Å². The number of rotatable bonds is 2. The quantitative estimate of drug-likeness (QED) is 0.256. The molecule has 0 aliphatic rings. The molecule has 4 aromatic rings. The van der Waals surface area contributed by atoms with Gasteiger partial charge in [-0.05, 0) is 48.5 Å². The van der Waals surface area contributed by atoms with E-state index in [1.165, 1.54) is 24.3 Å². The number of benzene rings is 2. The van der Waals surface area contributed by atoms with Gasteiger partial charge < -0.3 is 0 Å². The molecule has 0 bridgehead atoms. The minimum Gasteiger partial charge on any atom is -0.256 e. The second-order valence-corrected chi connectivity index (χ2v) is 5.68. The van der Waals surface area contributed by atoms with E-state index in [9.17, 15) is 17.6 Å². The first-order chi connectivity index (χ1) is 13.5. The zero-order chi connectivity index (χ0) is 19.9. The van der Waals surface area contributed by atoms with Gasteiger partial charge in [0.05, 0.1) is 11.4 Å². The molecule has 0 N–H and O–H groups in total. The van der Waals surface area contributed by atoms with Gasteiger partial charge in [0.25, 0.3) is 0 Å². The Balaban J connectivity index is 0.000000200. The van der Waals surface area contributed by atoms with Crippen LogP contribution in [0.5, 0.6) is 0 Å². The Kier molecular flexibility index (Phi) is 8.16. The number of hydrogen-bond donors (Lipinski definition) is 0. The van der Waals surface area contributed by atoms with Crippen LogP contribution in [0.15, 0.2) is 85.2 Å². The Labute approximate surface area is 178 Å². The second kappa shape index (κ2) is 10.6. The summed E-state index contributed by atoms with van der Waals surface area (Å²) >= 11 is 0. The standard InChI is InChI=1S/2C11H7F2N.Ru/c2*12-8-4-5-9(10(13)7-8)11-3-1-2-6-14-11;/h2*1-7H;. The Hall–Kier alpha value is -2.92. The van der Waals surface area contributed by atoms with Crippen LogP contribution in [-0.4, -0.2) is 9.97 Å². The molecule has 4 rings (SSSR count). The molecule has 2 heterocycles. The first kappa shape index (κ1) is 22.4. The largest absolute Gasteiger partial charge is 0.256 e. The van der Waals surface area contributed by atoms with Gasteiger partial charge in [-0.3, -0.25) is 9.97 Å². The summed E-state index contributed by atoms with van der Waals surface area (Å²) in [5.74, 6) is -2.35. The van der Waals surface area contributed by atoms with Gasteiger partial charge >= 0.3 is 0 Å². The number of pyridine rings is 2. The Morgan fingerprint density at radius 1 is 0.517 bits per heavy atom. The fourth-order valence-electron chi connectivity index (χ4n) is 2.44. The third-order valence-electron chi connectivity index (χ3n) is 3.74. The van der Waals surface area contributed by atoms with Crippen molar-refractivity contribution in [2.45, 2.75) is 0 Å². The van der Waals surface area contributed by atoms with E-state index in [1.807, 2.05) is 0 Å². The summed E-state index contributed by atoms with van der Waals surface area (Å²) in [5, 5.41) is 0. The van der Waals surface area contributed by atoms with Crippen molar-refractivity contribution < 1.29 is 37.0 Å². The average Bonchev–Trinajstić information content (AvgIpc) is 2.70. The summed E-state index contributed by atoms with van der Waals surface area (Å²) in [4.78, 5) is 7.95. The van der Waals surface area contributed by atoms with Gasteiger partial charge in [-0.2, -0.15) is 0 Å². The molecule has 2 aromatic heterocycles. The number of halogens is 4. The molecule has 7 heteroatoms. The maximum absolute atomic E-state index is 13.3. The smallest absolute Gasteiger partial charge is 0.135 e. The van der Waals surface area contributed by atoms with Gasteiger partial charge in [0.2, 0.25) is 0 Å². The van der Waals surface area contributed by atoms with Crippen LogP contribution in [0.25, 0.3) is 22.5 Å². The Morgan fingerprint density at radius 2 is 0.931 bits per heavy atom. The van der Waals surface area contributed by atoms with Crippen LogP contribution in [0, 0.1) is 23.3 Å². The van der Waals surface area contributed by atoms with Crippen molar-refractivity contribution in [3.8, 4) is 22.5 Å². The van der Waals surface area contributed by atoms with E-state index in [-0.39, 0.29) is 19.5 Å². The first-order valence-electron chi connectivity index (χ1n) is 8.27. The number of nitrogens with zero attached hydrogens (tertiary/aromatic N) is 2. The van der Waals surface area contributed by atoms with Crippen LogP contribution in [0.4, 0.5) is 17.6 Å². The van der Waals surface area contributed by atoms with Crippen LogP contribution in [0.3, 0.4) is 0 Å². The van der Waals surface area contributed by atoms with Crippen LogP contribution in [0.2, 0.25) is 0 Å². The zero-order valence-corrected chi connectivity index (χ0v) is 16.6. The van der Waals surface area contributed by atoms with Gasteiger partial charge in [-0.15, -0.1) is 0 Å². The molecule has 0 atom stereocenters. The molecule has 0 amide bonds. The van der Waals surface area contributed by atoms with E-state index in [0.717, 1.165) is 12.1 Å². The van der Waals surface area contributed by atoms with Gasteiger partial charge in [0.15, 0.2) is 0 Å². The minimum atomic E-state index is -0.594. The molecule has 29 heavy (non-hydrogen) atoms. The van der Waals surface area contributed by atoms with Crippen LogP contribution in [-0.2, 0) is 19.5 Å². The van der Waals surface area contributed by atoms with Crippen LogP contribution < -0.4 is 0 Å². The van der Waals surface area contributed by atoms with Crippen molar-refractivity contribution in [2.24, 2.45) is 0 Å². The van der Waals surface area contributed by atoms with E-state index >= 15 is 0 Å². The molecule has 2 aromatic carbocycles. The maximum atomic E-state index is 13.3. The van der Waals surface area contributed by atoms with Gasteiger partial charge in [-0.1, -0.05) is 12.1 Å². The summed E-state index contributed by atoms with van der Waals surface area (Å²) in [6.45, 7) is 0. The fourth-order valence-corrected chi connectivity index (χ4v) is 2.44. The summed E-state index contributed by atoms with van der Waals surface area (Å²) in [5.41, 5.74) is 1.63. The Bertz CT molecular complexity index is 974. The van der Waals surface area contributed by atoms with E-state index in [0.29, 0.717) is 22.5 Å². The first-order valence-corrected chi connectivity index (χ1v) is 8.27. The van der Waals surface area contributed by atoms with E-state index < -0.39 is 23.3 Å². The molecule has 0 spiro atoms. The van der Waals surface area contributed by atoms with Gasteiger partial charge in [-0.25, -0.2) is 17.6 Å². The van der Waals surface area contributed by atoms with Crippen molar-refractivity contribution >= 4 is 0 Å². The van der Waals surface area contributed by atoms with Crippen LogP contribution in [0.1, 0.15) is 0 Å². The maximum Gasteiger partial charge on any atom is 0.135 e. The van der Waals surface area contributed by atoms with Crippen molar-refractivity contribution in [1.82, 2.24) is 9.97 Å². The molecule has 0 fully saturated rings.